The quantitative estimate of drug-likeness (QED) is 0.917. The van der Waals surface area contributed by atoms with Crippen LogP contribution in [0.3, 0.4) is 0 Å². The molecular formula is C12H14BrNO3S. The van der Waals surface area contributed by atoms with Crippen LogP contribution in [0.4, 0.5) is 0 Å². The second-order valence-electron chi connectivity index (χ2n) is 4.32. The van der Waals surface area contributed by atoms with Crippen molar-refractivity contribution in [3.8, 4) is 0 Å². The Morgan fingerprint density at radius 1 is 1.39 bits per heavy atom. The van der Waals surface area contributed by atoms with Crippen LogP contribution < -0.4 is 5.32 Å². The first-order valence-corrected chi connectivity index (χ1v) is 8.26. The Morgan fingerprint density at radius 3 is 2.72 bits per heavy atom. The van der Waals surface area contributed by atoms with Crippen LogP contribution >= 0.6 is 15.9 Å². The van der Waals surface area contributed by atoms with Crippen LogP contribution in [0.5, 0.6) is 0 Å². The summed E-state index contributed by atoms with van der Waals surface area (Å²) in [6, 6.07) is 7.07. The molecule has 0 spiro atoms. The van der Waals surface area contributed by atoms with E-state index in [1.165, 1.54) is 0 Å². The highest BCUT2D eigenvalue weighted by molar-refractivity contribution is 9.10. The molecule has 98 valence electrons. The van der Waals surface area contributed by atoms with Gasteiger partial charge in [-0.2, -0.15) is 0 Å². The van der Waals surface area contributed by atoms with Crippen LogP contribution in [0.1, 0.15) is 23.2 Å². The summed E-state index contributed by atoms with van der Waals surface area (Å²) < 4.78 is 23.9. The fourth-order valence-corrected chi connectivity index (χ4v) is 4.26. The van der Waals surface area contributed by atoms with Gasteiger partial charge < -0.3 is 5.32 Å². The standard InChI is InChI=1S/C12H14BrNO3S/c13-11-6-2-1-5-10(11)12(15)14-8-9-4-3-7-18(9,16)17/h1-2,5-6,9H,3-4,7-8H2,(H,14,15). The van der Waals surface area contributed by atoms with Crippen molar-refractivity contribution >= 4 is 31.7 Å². The molecule has 1 aliphatic rings. The van der Waals surface area contributed by atoms with Gasteiger partial charge in [0.2, 0.25) is 0 Å². The predicted molar refractivity (Wildman–Crippen MR) is 73.3 cm³/mol. The lowest BCUT2D eigenvalue weighted by molar-refractivity contribution is 0.0953. The summed E-state index contributed by atoms with van der Waals surface area (Å²) in [5.41, 5.74) is 0.521. The molecule has 1 aromatic rings. The summed E-state index contributed by atoms with van der Waals surface area (Å²) in [7, 11) is -3.00. The van der Waals surface area contributed by atoms with Crippen molar-refractivity contribution in [2.75, 3.05) is 12.3 Å². The van der Waals surface area contributed by atoms with Gasteiger partial charge in [-0.05, 0) is 40.9 Å². The highest BCUT2D eigenvalue weighted by Gasteiger charge is 2.31. The van der Waals surface area contributed by atoms with Crippen LogP contribution in [0, 0.1) is 0 Å². The number of nitrogens with one attached hydrogen (secondary N) is 1. The normalized spacial score (nSPS) is 21.7. The first-order valence-electron chi connectivity index (χ1n) is 5.75. The van der Waals surface area contributed by atoms with E-state index in [4.69, 9.17) is 0 Å². The van der Waals surface area contributed by atoms with Gasteiger partial charge in [-0.15, -0.1) is 0 Å². The van der Waals surface area contributed by atoms with Gasteiger partial charge in [0.1, 0.15) is 0 Å². The molecule has 0 aromatic heterocycles. The Morgan fingerprint density at radius 2 is 2.11 bits per heavy atom. The average Bonchev–Trinajstić information content (AvgIpc) is 2.66. The lowest BCUT2D eigenvalue weighted by Crippen LogP contribution is -2.34. The van der Waals surface area contributed by atoms with E-state index in [0.29, 0.717) is 22.9 Å². The Hall–Kier alpha value is -0.880. The predicted octanol–water partition coefficient (Wildman–Crippen LogP) is 1.76. The summed E-state index contributed by atoms with van der Waals surface area (Å²) in [5, 5.41) is 2.26. The number of carbonyl (C=O) groups excluding carboxylic acids is 1. The maximum absolute atomic E-state index is 11.9. The number of sulfone groups is 1. The van der Waals surface area contributed by atoms with Crippen LogP contribution in [0.2, 0.25) is 0 Å². The fraction of sp³-hybridized carbons (Fsp3) is 0.417. The number of amides is 1. The second kappa shape index (κ2) is 5.40. The van der Waals surface area contributed by atoms with Crippen molar-refractivity contribution in [3.05, 3.63) is 34.3 Å². The number of halogens is 1. The molecule has 0 bridgehead atoms. The van der Waals surface area contributed by atoms with Gasteiger partial charge in [0.05, 0.1) is 16.6 Å². The van der Waals surface area contributed by atoms with Crippen molar-refractivity contribution in [1.82, 2.24) is 5.32 Å². The van der Waals surface area contributed by atoms with E-state index in [1.807, 2.05) is 6.07 Å². The van der Waals surface area contributed by atoms with E-state index in [2.05, 4.69) is 21.2 Å². The third-order valence-corrected chi connectivity index (χ3v) is 6.04. The van der Waals surface area contributed by atoms with Gasteiger partial charge in [0.25, 0.3) is 5.91 Å². The van der Waals surface area contributed by atoms with E-state index in [-0.39, 0.29) is 18.2 Å². The Labute approximate surface area is 115 Å². The number of hydrogen-bond donors (Lipinski definition) is 1. The molecule has 18 heavy (non-hydrogen) atoms. The zero-order chi connectivity index (χ0) is 13.2. The molecule has 1 amide bonds. The molecule has 6 heteroatoms. The van der Waals surface area contributed by atoms with Gasteiger partial charge in [-0.25, -0.2) is 8.42 Å². The molecule has 4 nitrogen and oxygen atoms in total. The molecule has 1 N–H and O–H groups in total. The molecule has 0 saturated carbocycles. The van der Waals surface area contributed by atoms with Crippen LogP contribution in [0.15, 0.2) is 28.7 Å². The zero-order valence-electron chi connectivity index (χ0n) is 9.73. The molecule has 0 radical (unpaired) electrons. The number of rotatable bonds is 3. The Kier molecular flexibility index (Phi) is 4.07. The fourth-order valence-electron chi connectivity index (χ4n) is 2.03. The SMILES string of the molecule is O=C(NCC1CCCS1(=O)=O)c1ccccc1Br. The first-order chi connectivity index (χ1) is 8.50. The molecule has 0 aliphatic carbocycles. The van der Waals surface area contributed by atoms with Crippen molar-refractivity contribution < 1.29 is 13.2 Å². The van der Waals surface area contributed by atoms with Crippen LogP contribution in [0.25, 0.3) is 0 Å². The number of carbonyl (C=O) groups is 1. The summed E-state index contributed by atoms with van der Waals surface area (Å²) in [6.07, 6.45) is 1.33. The maximum atomic E-state index is 11.9. The van der Waals surface area contributed by atoms with E-state index in [1.54, 1.807) is 18.2 Å². The molecular weight excluding hydrogens is 318 g/mol. The summed E-state index contributed by atoms with van der Waals surface area (Å²) in [5.74, 6) is -0.00710. The number of hydrogen-bond acceptors (Lipinski definition) is 3. The van der Waals surface area contributed by atoms with E-state index >= 15 is 0 Å². The molecule has 1 atom stereocenters. The molecule has 1 unspecified atom stereocenters. The molecule has 1 fully saturated rings. The second-order valence-corrected chi connectivity index (χ2v) is 7.58. The lowest BCUT2D eigenvalue weighted by Gasteiger charge is -2.11. The highest BCUT2D eigenvalue weighted by Crippen LogP contribution is 2.20. The van der Waals surface area contributed by atoms with E-state index in [0.717, 1.165) is 0 Å². The van der Waals surface area contributed by atoms with Crippen molar-refractivity contribution in [2.24, 2.45) is 0 Å². The van der Waals surface area contributed by atoms with Crippen LogP contribution in [-0.4, -0.2) is 31.9 Å². The van der Waals surface area contributed by atoms with Crippen LogP contribution in [-0.2, 0) is 9.84 Å². The molecule has 1 saturated heterocycles. The Balaban J connectivity index is 1.99. The average molecular weight is 332 g/mol. The third-order valence-electron chi connectivity index (χ3n) is 3.07. The molecule has 1 aliphatic heterocycles. The minimum Gasteiger partial charge on any atom is -0.351 e. The van der Waals surface area contributed by atoms with Gasteiger partial charge in [0.15, 0.2) is 9.84 Å². The summed E-state index contributed by atoms with van der Waals surface area (Å²) in [6.45, 7) is 0.197. The summed E-state index contributed by atoms with van der Waals surface area (Å²) >= 11 is 3.29. The van der Waals surface area contributed by atoms with Crippen molar-refractivity contribution in [3.63, 3.8) is 0 Å². The highest BCUT2D eigenvalue weighted by atomic mass is 79.9. The number of benzene rings is 1. The Bertz CT molecular complexity index is 556. The first kappa shape index (κ1) is 13.5. The molecule has 1 heterocycles. The third kappa shape index (κ3) is 2.92. The maximum Gasteiger partial charge on any atom is 0.252 e. The van der Waals surface area contributed by atoms with Gasteiger partial charge in [-0.1, -0.05) is 12.1 Å². The van der Waals surface area contributed by atoms with Crippen molar-refractivity contribution in [1.29, 1.82) is 0 Å². The molecule has 2 rings (SSSR count). The summed E-state index contributed by atoms with van der Waals surface area (Å²) in [4.78, 5) is 11.9. The minimum absolute atomic E-state index is 0.197. The topological polar surface area (TPSA) is 63.2 Å². The van der Waals surface area contributed by atoms with E-state index in [9.17, 15) is 13.2 Å². The van der Waals surface area contributed by atoms with Crippen molar-refractivity contribution in [2.45, 2.75) is 18.1 Å². The smallest absolute Gasteiger partial charge is 0.252 e. The zero-order valence-corrected chi connectivity index (χ0v) is 12.1. The minimum atomic E-state index is -3.00. The van der Waals surface area contributed by atoms with E-state index < -0.39 is 15.1 Å². The molecule has 1 aromatic carbocycles. The largest absolute Gasteiger partial charge is 0.351 e. The van der Waals surface area contributed by atoms with Gasteiger partial charge in [0, 0.05) is 11.0 Å². The lowest BCUT2D eigenvalue weighted by atomic mass is 10.2. The van der Waals surface area contributed by atoms with Gasteiger partial charge >= 0.3 is 0 Å². The monoisotopic (exact) mass is 331 g/mol. The van der Waals surface area contributed by atoms with Gasteiger partial charge in [-0.3, -0.25) is 4.79 Å².